The highest BCUT2D eigenvalue weighted by molar-refractivity contribution is 9.10. The lowest BCUT2D eigenvalue weighted by Gasteiger charge is -2.16. The first-order chi connectivity index (χ1) is 9.58. The van der Waals surface area contributed by atoms with Gasteiger partial charge in [0.25, 0.3) is 0 Å². The molecule has 0 aliphatic carbocycles. The number of hydrogen-bond acceptors (Lipinski definition) is 2. The van der Waals surface area contributed by atoms with Gasteiger partial charge < -0.3 is 5.73 Å². The van der Waals surface area contributed by atoms with Crippen LogP contribution in [0.25, 0.3) is 0 Å². The first kappa shape index (κ1) is 14.7. The molecule has 2 aromatic rings. The van der Waals surface area contributed by atoms with Gasteiger partial charge in [0.05, 0.1) is 0 Å². The van der Waals surface area contributed by atoms with E-state index in [0.717, 1.165) is 11.1 Å². The summed E-state index contributed by atoms with van der Waals surface area (Å²) in [7, 11) is 0. The molecule has 0 aliphatic rings. The number of carbonyl (C=O) groups is 1. The number of amides is 1. The molecule has 20 heavy (non-hydrogen) atoms. The average molecular weight is 337 g/mol. The van der Waals surface area contributed by atoms with Crippen molar-refractivity contribution in [2.75, 3.05) is 0 Å². The monoisotopic (exact) mass is 336 g/mol. The van der Waals surface area contributed by atoms with E-state index in [2.05, 4.69) is 21.2 Å². The lowest BCUT2D eigenvalue weighted by atomic mass is 10.1. The minimum absolute atomic E-state index is 0.310. The highest BCUT2D eigenvalue weighted by atomic mass is 79.9. The lowest BCUT2D eigenvalue weighted by Crippen LogP contribution is -2.33. The second-order valence-corrected chi connectivity index (χ2v) is 5.22. The SMILES string of the molecule is NC(=O)[C@H](NCc1ccc(F)cc1Br)c1ccccc1. The van der Waals surface area contributed by atoms with Crippen molar-refractivity contribution in [2.24, 2.45) is 5.73 Å². The Labute approximate surface area is 125 Å². The zero-order chi connectivity index (χ0) is 14.5. The van der Waals surface area contributed by atoms with Crippen LogP contribution in [0.15, 0.2) is 53.0 Å². The molecule has 1 amide bonds. The molecule has 0 aromatic heterocycles. The highest BCUT2D eigenvalue weighted by Crippen LogP contribution is 2.19. The predicted molar refractivity (Wildman–Crippen MR) is 79.3 cm³/mol. The second-order valence-electron chi connectivity index (χ2n) is 4.36. The number of nitrogens with one attached hydrogen (secondary N) is 1. The number of carbonyl (C=O) groups excluding carboxylic acids is 1. The van der Waals surface area contributed by atoms with Crippen molar-refractivity contribution in [3.8, 4) is 0 Å². The number of nitrogens with two attached hydrogens (primary N) is 1. The van der Waals surface area contributed by atoms with Crippen LogP contribution >= 0.6 is 15.9 Å². The molecule has 2 aromatic carbocycles. The maximum Gasteiger partial charge on any atom is 0.239 e. The maximum absolute atomic E-state index is 13.0. The first-order valence-corrected chi connectivity index (χ1v) is 6.89. The summed E-state index contributed by atoms with van der Waals surface area (Å²) >= 11 is 3.29. The molecule has 0 saturated heterocycles. The zero-order valence-electron chi connectivity index (χ0n) is 10.6. The Morgan fingerprint density at radius 2 is 1.95 bits per heavy atom. The number of primary amides is 1. The van der Waals surface area contributed by atoms with Gasteiger partial charge in [0, 0.05) is 11.0 Å². The fourth-order valence-corrected chi connectivity index (χ4v) is 2.40. The topological polar surface area (TPSA) is 55.1 Å². The van der Waals surface area contributed by atoms with Crippen LogP contribution in [0, 0.1) is 5.82 Å². The van der Waals surface area contributed by atoms with Gasteiger partial charge in [0.2, 0.25) is 5.91 Å². The Bertz CT molecular complexity index is 604. The molecule has 2 rings (SSSR count). The summed E-state index contributed by atoms with van der Waals surface area (Å²) in [4.78, 5) is 11.5. The van der Waals surface area contributed by atoms with Gasteiger partial charge in [0.15, 0.2) is 0 Å². The highest BCUT2D eigenvalue weighted by Gasteiger charge is 2.17. The van der Waals surface area contributed by atoms with E-state index in [1.165, 1.54) is 12.1 Å². The Kier molecular flexibility index (Phi) is 4.87. The van der Waals surface area contributed by atoms with Crippen molar-refractivity contribution < 1.29 is 9.18 Å². The molecule has 3 N–H and O–H groups in total. The van der Waals surface area contributed by atoms with Gasteiger partial charge in [-0.15, -0.1) is 0 Å². The van der Waals surface area contributed by atoms with Gasteiger partial charge in [-0.3, -0.25) is 10.1 Å². The molecule has 0 saturated carbocycles. The van der Waals surface area contributed by atoms with Gasteiger partial charge in [-0.1, -0.05) is 52.3 Å². The Balaban J connectivity index is 2.12. The molecule has 0 spiro atoms. The summed E-state index contributed by atoms with van der Waals surface area (Å²) in [6.45, 7) is 0.406. The molecule has 104 valence electrons. The van der Waals surface area contributed by atoms with Gasteiger partial charge in [-0.05, 0) is 23.3 Å². The first-order valence-electron chi connectivity index (χ1n) is 6.09. The van der Waals surface area contributed by atoms with E-state index < -0.39 is 11.9 Å². The molecule has 0 heterocycles. The van der Waals surface area contributed by atoms with Crippen molar-refractivity contribution in [2.45, 2.75) is 12.6 Å². The van der Waals surface area contributed by atoms with Crippen molar-refractivity contribution in [3.63, 3.8) is 0 Å². The number of halogens is 2. The van der Waals surface area contributed by atoms with Gasteiger partial charge in [0.1, 0.15) is 11.9 Å². The van der Waals surface area contributed by atoms with Gasteiger partial charge >= 0.3 is 0 Å². The third kappa shape index (κ3) is 3.65. The molecule has 0 radical (unpaired) electrons. The van der Waals surface area contributed by atoms with Crippen molar-refractivity contribution in [1.29, 1.82) is 0 Å². The van der Waals surface area contributed by atoms with Crippen LogP contribution in [0.3, 0.4) is 0 Å². The van der Waals surface area contributed by atoms with Crippen molar-refractivity contribution in [1.82, 2.24) is 5.32 Å². The molecule has 0 unspecified atom stereocenters. The fourth-order valence-electron chi connectivity index (χ4n) is 1.91. The molecule has 3 nitrogen and oxygen atoms in total. The third-order valence-corrected chi connectivity index (χ3v) is 3.67. The molecule has 1 atom stereocenters. The van der Waals surface area contributed by atoms with Crippen LogP contribution in [0.1, 0.15) is 17.2 Å². The largest absolute Gasteiger partial charge is 0.368 e. The van der Waals surface area contributed by atoms with E-state index in [-0.39, 0.29) is 5.82 Å². The van der Waals surface area contributed by atoms with Gasteiger partial charge in [-0.2, -0.15) is 0 Å². The van der Waals surface area contributed by atoms with Crippen LogP contribution in [0.2, 0.25) is 0 Å². The molecule has 0 aliphatic heterocycles. The minimum atomic E-state index is -0.576. The standard InChI is InChI=1S/C15H14BrFN2O/c16-13-8-12(17)7-6-11(13)9-19-14(15(18)20)10-4-2-1-3-5-10/h1-8,14,19H,9H2,(H2,18,20)/t14-/m1/s1. The summed E-state index contributed by atoms with van der Waals surface area (Å²) in [5.41, 5.74) is 7.08. The Hall–Kier alpha value is -1.72. The van der Waals surface area contributed by atoms with Gasteiger partial charge in [-0.25, -0.2) is 4.39 Å². The summed E-state index contributed by atoms with van der Waals surface area (Å²) < 4.78 is 13.7. The molecular weight excluding hydrogens is 323 g/mol. The number of benzene rings is 2. The van der Waals surface area contributed by atoms with E-state index in [0.29, 0.717) is 11.0 Å². The molecule has 0 bridgehead atoms. The Morgan fingerprint density at radius 3 is 2.55 bits per heavy atom. The van der Waals surface area contributed by atoms with E-state index in [4.69, 9.17) is 5.73 Å². The molecule has 0 fully saturated rings. The van der Waals surface area contributed by atoms with Crippen LogP contribution in [0.4, 0.5) is 4.39 Å². The normalized spacial score (nSPS) is 12.1. The Morgan fingerprint density at radius 1 is 1.25 bits per heavy atom. The van der Waals surface area contributed by atoms with Crippen LogP contribution in [-0.4, -0.2) is 5.91 Å². The summed E-state index contributed by atoms with van der Waals surface area (Å²) in [6, 6.07) is 13.1. The fraction of sp³-hybridized carbons (Fsp3) is 0.133. The van der Waals surface area contributed by atoms with Crippen LogP contribution in [-0.2, 0) is 11.3 Å². The maximum atomic E-state index is 13.0. The van der Waals surface area contributed by atoms with E-state index >= 15 is 0 Å². The summed E-state index contributed by atoms with van der Waals surface area (Å²) in [5.74, 6) is -0.760. The third-order valence-electron chi connectivity index (χ3n) is 2.93. The van der Waals surface area contributed by atoms with E-state index in [9.17, 15) is 9.18 Å². The van der Waals surface area contributed by atoms with Crippen LogP contribution < -0.4 is 11.1 Å². The minimum Gasteiger partial charge on any atom is -0.368 e. The van der Waals surface area contributed by atoms with Crippen LogP contribution in [0.5, 0.6) is 0 Å². The summed E-state index contributed by atoms with van der Waals surface area (Å²) in [5, 5.41) is 3.09. The second kappa shape index (κ2) is 6.63. The average Bonchev–Trinajstić information content (AvgIpc) is 2.42. The van der Waals surface area contributed by atoms with Crippen molar-refractivity contribution >= 4 is 21.8 Å². The van der Waals surface area contributed by atoms with E-state index in [1.54, 1.807) is 6.07 Å². The number of hydrogen-bond donors (Lipinski definition) is 2. The van der Waals surface area contributed by atoms with E-state index in [1.807, 2.05) is 30.3 Å². The predicted octanol–water partition coefficient (Wildman–Crippen LogP) is 2.90. The summed E-state index contributed by atoms with van der Waals surface area (Å²) in [6.07, 6.45) is 0. The molecule has 5 heteroatoms. The molecular formula is C15H14BrFN2O. The number of rotatable bonds is 5. The lowest BCUT2D eigenvalue weighted by molar-refractivity contribution is -0.120. The van der Waals surface area contributed by atoms with Crippen molar-refractivity contribution in [3.05, 3.63) is 69.9 Å². The zero-order valence-corrected chi connectivity index (χ0v) is 12.2. The smallest absolute Gasteiger partial charge is 0.239 e. The quantitative estimate of drug-likeness (QED) is 0.881.